The van der Waals surface area contributed by atoms with E-state index in [0.29, 0.717) is 10.8 Å². The summed E-state index contributed by atoms with van der Waals surface area (Å²) < 4.78 is 0. The number of nitrogens with zero attached hydrogens (tertiary/aromatic N) is 3. The average molecular weight is 269 g/mol. The first-order valence-electron chi connectivity index (χ1n) is 6.22. The highest BCUT2D eigenvalue weighted by molar-refractivity contribution is 7.17. The Morgan fingerprint density at radius 2 is 2.11 bits per heavy atom. The van der Waals surface area contributed by atoms with Crippen molar-refractivity contribution in [2.24, 2.45) is 5.92 Å². The average Bonchev–Trinajstić information content (AvgIpc) is 2.78. The number of aromatic carboxylic acids is 1. The number of aromatic nitrogens is 1. The van der Waals surface area contributed by atoms with Gasteiger partial charge in [-0.1, -0.05) is 25.2 Å². The molecule has 0 radical (unpaired) electrons. The van der Waals surface area contributed by atoms with E-state index < -0.39 is 5.97 Å². The molecule has 1 aromatic rings. The van der Waals surface area contributed by atoms with Crippen molar-refractivity contribution in [2.75, 3.05) is 37.6 Å². The number of carboxylic acid groups (broad SMARTS) is 1. The molecule has 0 aliphatic carbocycles. The van der Waals surface area contributed by atoms with E-state index in [2.05, 4.69) is 28.6 Å². The Bertz CT molecular complexity index is 411. The van der Waals surface area contributed by atoms with Gasteiger partial charge in [0, 0.05) is 32.7 Å². The Balaban J connectivity index is 1.90. The third-order valence-corrected chi connectivity index (χ3v) is 4.02. The lowest BCUT2D eigenvalue weighted by molar-refractivity contribution is 0.0702. The van der Waals surface area contributed by atoms with Gasteiger partial charge in [0.15, 0.2) is 5.13 Å². The van der Waals surface area contributed by atoms with Crippen molar-refractivity contribution in [3.8, 4) is 0 Å². The summed E-state index contributed by atoms with van der Waals surface area (Å²) in [6, 6.07) is 0. The molecule has 0 amide bonds. The van der Waals surface area contributed by atoms with Gasteiger partial charge in [-0.15, -0.1) is 0 Å². The topological polar surface area (TPSA) is 56.7 Å². The van der Waals surface area contributed by atoms with Crippen LogP contribution in [0.15, 0.2) is 6.20 Å². The van der Waals surface area contributed by atoms with Gasteiger partial charge in [-0.3, -0.25) is 4.90 Å². The van der Waals surface area contributed by atoms with Crippen molar-refractivity contribution in [1.82, 2.24) is 9.88 Å². The molecule has 0 aromatic carbocycles. The lowest BCUT2D eigenvalue weighted by atomic mass is 10.2. The van der Waals surface area contributed by atoms with Crippen LogP contribution in [0, 0.1) is 5.92 Å². The Hall–Kier alpha value is -1.14. The fourth-order valence-electron chi connectivity index (χ4n) is 2.15. The molecule has 1 aliphatic rings. The first-order chi connectivity index (χ1) is 8.56. The molecule has 2 rings (SSSR count). The molecule has 0 spiro atoms. The van der Waals surface area contributed by atoms with Crippen LogP contribution < -0.4 is 4.90 Å². The standard InChI is InChI=1S/C12H19N3O2S/c1-9(2)8-14-3-5-15(6-4-14)12-13-7-10(18-12)11(16)17/h7,9H,3-6,8H2,1-2H3,(H,16,17). The summed E-state index contributed by atoms with van der Waals surface area (Å²) in [5.41, 5.74) is 0. The predicted molar refractivity (Wildman–Crippen MR) is 72.6 cm³/mol. The van der Waals surface area contributed by atoms with E-state index in [4.69, 9.17) is 5.11 Å². The zero-order valence-electron chi connectivity index (χ0n) is 10.8. The third kappa shape index (κ3) is 3.20. The summed E-state index contributed by atoms with van der Waals surface area (Å²) >= 11 is 1.26. The van der Waals surface area contributed by atoms with Crippen molar-refractivity contribution in [3.63, 3.8) is 0 Å². The lowest BCUT2D eigenvalue weighted by Gasteiger charge is -2.35. The fraction of sp³-hybridized carbons (Fsp3) is 0.667. The molecule has 100 valence electrons. The minimum Gasteiger partial charge on any atom is -0.477 e. The van der Waals surface area contributed by atoms with E-state index in [-0.39, 0.29) is 0 Å². The normalized spacial score (nSPS) is 17.4. The molecule has 0 atom stereocenters. The zero-order valence-corrected chi connectivity index (χ0v) is 11.6. The molecule has 0 unspecified atom stereocenters. The van der Waals surface area contributed by atoms with E-state index in [1.54, 1.807) is 0 Å². The quantitative estimate of drug-likeness (QED) is 0.900. The highest BCUT2D eigenvalue weighted by atomic mass is 32.1. The van der Waals surface area contributed by atoms with Gasteiger partial charge in [0.2, 0.25) is 0 Å². The van der Waals surface area contributed by atoms with Gasteiger partial charge in [0.1, 0.15) is 4.88 Å². The van der Waals surface area contributed by atoms with Crippen LogP contribution in [-0.4, -0.2) is 53.7 Å². The van der Waals surface area contributed by atoms with Crippen LogP contribution in [0.1, 0.15) is 23.5 Å². The number of hydrogen-bond acceptors (Lipinski definition) is 5. The fourth-order valence-corrected chi connectivity index (χ4v) is 2.95. The molecule has 2 heterocycles. The highest BCUT2D eigenvalue weighted by Crippen LogP contribution is 2.23. The summed E-state index contributed by atoms with van der Waals surface area (Å²) in [7, 11) is 0. The van der Waals surface area contributed by atoms with E-state index in [1.807, 2.05) is 0 Å². The van der Waals surface area contributed by atoms with Crippen molar-refractivity contribution in [2.45, 2.75) is 13.8 Å². The van der Waals surface area contributed by atoms with Gasteiger partial charge < -0.3 is 10.0 Å². The Labute approximate surface area is 111 Å². The number of piperazine rings is 1. The van der Waals surface area contributed by atoms with Crippen molar-refractivity contribution >= 4 is 22.4 Å². The molecular formula is C12H19N3O2S. The number of anilines is 1. The zero-order chi connectivity index (χ0) is 13.1. The largest absolute Gasteiger partial charge is 0.477 e. The maximum atomic E-state index is 10.8. The molecular weight excluding hydrogens is 250 g/mol. The van der Waals surface area contributed by atoms with Gasteiger partial charge in [-0.25, -0.2) is 9.78 Å². The smallest absolute Gasteiger partial charge is 0.347 e. The third-order valence-electron chi connectivity index (χ3n) is 2.97. The van der Waals surface area contributed by atoms with Gasteiger partial charge in [0.25, 0.3) is 0 Å². The number of thiazole rings is 1. The Morgan fingerprint density at radius 1 is 1.44 bits per heavy atom. The molecule has 18 heavy (non-hydrogen) atoms. The monoisotopic (exact) mass is 269 g/mol. The molecule has 5 nitrogen and oxygen atoms in total. The molecule has 6 heteroatoms. The van der Waals surface area contributed by atoms with Crippen LogP contribution in [0.3, 0.4) is 0 Å². The summed E-state index contributed by atoms with van der Waals surface area (Å²) in [6.07, 6.45) is 1.45. The summed E-state index contributed by atoms with van der Waals surface area (Å²) in [4.78, 5) is 19.9. The summed E-state index contributed by atoms with van der Waals surface area (Å²) in [6.45, 7) is 9.50. The van der Waals surface area contributed by atoms with Crippen molar-refractivity contribution < 1.29 is 9.90 Å². The lowest BCUT2D eigenvalue weighted by Crippen LogP contribution is -2.47. The minimum absolute atomic E-state index is 0.314. The van der Waals surface area contributed by atoms with Crippen LogP contribution in [-0.2, 0) is 0 Å². The molecule has 1 N–H and O–H groups in total. The molecule has 0 saturated carbocycles. The van der Waals surface area contributed by atoms with Crippen LogP contribution in [0.5, 0.6) is 0 Å². The Morgan fingerprint density at radius 3 is 2.61 bits per heavy atom. The molecule has 1 aromatic heterocycles. The van der Waals surface area contributed by atoms with Gasteiger partial charge in [0.05, 0.1) is 6.20 Å². The van der Waals surface area contributed by atoms with E-state index in [9.17, 15) is 4.79 Å². The second-order valence-corrected chi connectivity index (χ2v) is 6.00. The van der Waals surface area contributed by atoms with Gasteiger partial charge in [-0.05, 0) is 5.92 Å². The second-order valence-electron chi connectivity index (χ2n) is 4.99. The molecule has 1 aliphatic heterocycles. The Kier molecular flexibility index (Phi) is 4.19. The first-order valence-corrected chi connectivity index (χ1v) is 7.04. The highest BCUT2D eigenvalue weighted by Gasteiger charge is 2.20. The second kappa shape index (κ2) is 5.67. The van der Waals surface area contributed by atoms with E-state index >= 15 is 0 Å². The predicted octanol–water partition coefficient (Wildman–Crippen LogP) is 1.62. The number of carboxylic acids is 1. The van der Waals surface area contributed by atoms with Crippen LogP contribution in [0.4, 0.5) is 5.13 Å². The maximum absolute atomic E-state index is 10.8. The number of rotatable bonds is 4. The van der Waals surface area contributed by atoms with E-state index in [0.717, 1.165) is 37.9 Å². The number of carbonyl (C=O) groups is 1. The van der Waals surface area contributed by atoms with Gasteiger partial charge >= 0.3 is 5.97 Å². The summed E-state index contributed by atoms with van der Waals surface area (Å²) in [5.74, 6) is -0.202. The van der Waals surface area contributed by atoms with Crippen molar-refractivity contribution in [3.05, 3.63) is 11.1 Å². The van der Waals surface area contributed by atoms with Crippen LogP contribution >= 0.6 is 11.3 Å². The maximum Gasteiger partial charge on any atom is 0.347 e. The number of hydrogen-bond donors (Lipinski definition) is 1. The van der Waals surface area contributed by atoms with Crippen LogP contribution in [0.2, 0.25) is 0 Å². The minimum atomic E-state index is -0.891. The van der Waals surface area contributed by atoms with E-state index in [1.165, 1.54) is 17.5 Å². The summed E-state index contributed by atoms with van der Waals surface area (Å²) in [5, 5.41) is 9.71. The molecule has 1 fully saturated rings. The first kappa shape index (κ1) is 13.3. The SMILES string of the molecule is CC(C)CN1CCN(c2ncc(C(=O)O)s2)CC1. The van der Waals surface area contributed by atoms with Crippen molar-refractivity contribution in [1.29, 1.82) is 0 Å². The van der Waals surface area contributed by atoms with Gasteiger partial charge in [-0.2, -0.15) is 0 Å². The van der Waals surface area contributed by atoms with Crippen LogP contribution in [0.25, 0.3) is 0 Å². The molecule has 0 bridgehead atoms. The molecule has 1 saturated heterocycles.